The fourth-order valence-corrected chi connectivity index (χ4v) is 5.03. The summed E-state index contributed by atoms with van der Waals surface area (Å²) in [4.78, 5) is 18.4. The van der Waals surface area contributed by atoms with Gasteiger partial charge in [-0.05, 0) is 37.1 Å². The number of alkyl halides is 3. The van der Waals surface area contributed by atoms with Crippen LogP contribution < -0.4 is 10.2 Å². The highest BCUT2D eigenvalue weighted by Gasteiger charge is 2.35. The molecule has 3 aromatic rings. The number of likely N-dealkylation sites (tertiary alicyclic amines) is 1. The van der Waals surface area contributed by atoms with Crippen molar-refractivity contribution in [2.45, 2.75) is 31.5 Å². The number of thiazole rings is 1. The van der Waals surface area contributed by atoms with Gasteiger partial charge in [0.1, 0.15) is 6.04 Å². The number of hydrogen-bond donors (Lipinski definition) is 2. The van der Waals surface area contributed by atoms with Crippen LogP contribution in [0.25, 0.3) is 10.2 Å². The molecule has 4 nitrogen and oxygen atoms in total. The fourth-order valence-electron chi connectivity index (χ4n) is 3.87. The number of piperidine rings is 1. The van der Waals surface area contributed by atoms with E-state index in [0.29, 0.717) is 0 Å². The van der Waals surface area contributed by atoms with Gasteiger partial charge in [-0.3, -0.25) is 4.79 Å². The van der Waals surface area contributed by atoms with Crippen LogP contribution >= 0.6 is 11.3 Å². The molecule has 1 aliphatic heterocycles. The zero-order valence-electron chi connectivity index (χ0n) is 15.6. The number of carbonyl (C=O) groups excluding carboxylic acids is 1. The number of halogens is 3. The standard InChI is InChI=1S/C21H20F3N3OS/c22-21(23,24)14-7-1-2-8-15(14)25-19(28)13-27-12-6-5-10-17(27)20-26-16-9-3-4-11-18(16)29-20/h1-4,7-9,11,17H,5-6,10,12-13H2,(H,25,28)/p+1/t17-/m1/s1. The third-order valence-corrected chi connectivity index (χ3v) is 6.39. The van der Waals surface area contributed by atoms with Gasteiger partial charge in [-0.15, -0.1) is 11.3 Å². The lowest BCUT2D eigenvalue weighted by atomic mass is 10.0. The molecular weight excluding hydrogens is 399 g/mol. The van der Waals surface area contributed by atoms with E-state index in [1.807, 2.05) is 24.3 Å². The van der Waals surface area contributed by atoms with Crippen LogP contribution in [0.1, 0.15) is 35.9 Å². The van der Waals surface area contributed by atoms with Crippen LogP contribution in [0.5, 0.6) is 0 Å². The zero-order chi connectivity index (χ0) is 20.4. The summed E-state index contributed by atoms with van der Waals surface area (Å²) in [5.74, 6) is -0.412. The molecule has 0 aliphatic carbocycles. The summed E-state index contributed by atoms with van der Waals surface area (Å²) in [5.41, 5.74) is -0.0800. The highest BCUT2D eigenvalue weighted by atomic mass is 32.1. The molecule has 1 aliphatic rings. The first kappa shape index (κ1) is 19.8. The van der Waals surface area contributed by atoms with Crippen molar-refractivity contribution in [2.75, 3.05) is 18.4 Å². The fraction of sp³-hybridized carbons (Fsp3) is 0.333. The average Bonchev–Trinajstić information content (AvgIpc) is 3.12. The van der Waals surface area contributed by atoms with Crippen LogP contribution in [0, 0.1) is 0 Å². The number of nitrogens with zero attached hydrogens (tertiary/aromatic N) is 1. The second kappa shape index (κ2) is 8.12. The number of rotatable bonds is 4. The van der Waals surface area contributed by atoms with Gasteiger partial charge in [0.15, 0.2) is 11.6 Å². The van der Waals surface area contributed by atoms with E-state index in [1.165, 1.54) is 18.2 Å². The molecular formula is C21H21F3N3OS+. The van der Waals surface area contributed by atoms with Gasteiger partial charge in [-0.25, -0.2) is 4.98 Å². The van der Waals surface area contributed by atoms with Gasteiger partial charge in [-0.1, -0.05) is 24.3 Å². The monoisotopic (exact) mass is 420 g/mol. The molecule has 2 heterocycles. The van der Waals surface area contributed by atoms with Gasteiger partial charge in [0.25, 0.3) is 5.91 Å². The van der Waals surface area contributed by atoms with Crippen molar-refractivity contribution in [2.24, 2.45) is 0 Å². The Labute approximate surface area is 170 Å². The van der Waals surface area contributed by atoms with E-state index in [1.54, 1.807) is 11.3 Å². The van der Waals surface area contributed by atoms with Crippen LogP contribution in [-0.4, -0.2) is 24.0 Å². The van der Waals surface area contributed by atoms with Crippen LogP contribution in [0.3, 0.4) is 0 Å². The van der Waals surface area contributed by atoms with E-state index in [0.717, 1.165) is 52.0 Å². The van der Waals surface area contributed by atoms with Crippen molar-refractivity contribution < 1.29 is 22.9 Å². The normalized spacial score (nSPS) is 20.0. The predicted molar refractivity (Wildman–Crippen MR) is 107 cm³/mol. The van der Waals surface area contributed by atoms with Gasteiger partial charge in [0.05, 0.1) is 28.0 Å². The third-order valence-electron chi connectivity index (χ3n) is 5.24. The highest BCUT2D eigenvalue weighted by Crippen LogP contribution is 2.34. The minimum absolute atomic E-state index is 0.0877. The molecule has 0 saturated carbocycles. The SMILES string of the molecule is O=C(C[NH+]1CCCC[C@@H]1c1nc2ccccc2s1)Nc1ccccc1C(F)(F)F. The highest BCUT2D eigenvalue weighted by molar-refractivity contribution is 7.18. The molecule has 152 valence electrons. The van der Waals surface area contributed by atoms with E-state index < -0.39 is 17.6 Å². The number of nitrogens with one attached hydrogen (secondary N) is 2. The predicted octanol–water partition coefficient (Wildman–Crippen LogP) is 4.06. The average molecular weight is 420 g/mol. The summed E-state index contributed by atoms with van der Waals surface area (Å²) < 4.78 is 40.6. The summed E-state index contributed by atoms with van der Waals surface area (Å²) in [6.07, 6.45) is -1.54. The number of para-hydroxylation sites is 2. The maximum Gasteiger partial charge on any atom is 0.418 e. The van der Waals surface area contributed by atoms with Crippen LogP contribution in [0.15, 0.2) is 48.5 Å². The summed E-state index contributed by atoms with van der Waals surface area (Å²) in [6.45, 7) is 0.918. The number of carbonyl (C=O) groups is 1. The lowest BCUT2D eigenvalue weighted by molar-refractivity contribution is -0.929. The molecule has 1 fully saturated rings. The van der Waals surface area contributed by atoms with Crippen molar-refractivity contribution in [3.8, 4) is 0 Å². The van der Waals surface area contributed by atoms with Crippen LogP contribution in [0.4, 0.5) is 18.9 Å². The summed E-state index contributed by atoms with van der Waals surface area (Å²) in [5, 5.41) is 3.46. The summed E-state index contributed by atoms with van der Waals surface area (Å²) >= 11 is 1.63. The first-order valence-electron chi connectivity index (χ1n) is 9.58. The summed E-state index contributed by atoms with van der Waals surface area (Å²) in [7, 11) is 0. The zero-order valence-corrected chi connectivity index (χ0v) is 16.4. The van der Waals surface area contributed by atoms with Gasteiger partial charge in [-0.2, -0.15) is 13.2 Å². The number of hydrogen-bond acceptors (Lipinski definition) is 3. The smallest absolute Gasteiger partial charge is 0.321 e. The Morgan fingerprint density at radius 3 is 2.69 bits per heavy atom. The van der Waals surface area contributed by atoms with Gasteiger partial charge >= 0.3 is 6.18 Å². The molecule has 1 amide bonds. The van der Waals surface area contributed by atoms with Crippen molar-refractivity contribution in [1.82, 2.24) is 4.98 Å². The molecule has 0 spiro atoms. The maximum atomic E-state index is 13.2. The number of amides is 1. The minimum atomic E-state index is -4.51. The van der Waals surface area contributed by atoms with Crippen LogP contribution in [-0.2, 0) is 11.0 Å². The van der Waals surface area contributed by atoms with Gasteiger partial charge in [0.2, 0.25) is 0 Å². The number of anilines is 1. The first-order valence-corrected chi connectivity index (χ1v) is 10.4. The van der Waals surface area contributed by atoms with Crippen LogP contribution in [0.2, 0.25) is 0 Å². The van der Waals surface area contributed by atoms with E-state index in [9.17, 15) is 18.0 Å². The van der Waals surface area contributed by atoms with Crippen molar-refractivity contribution in [3.05, 3.63) is 59.1 Å². The molecule has 8 heteroatoms. The Morgan fingerprint density at radius 1 is 1.14 bits per heavy atom. The number of fused-ring (bicyclic) bond motifs is 1. The quantitative estimate of drug-likeness (QED) is 0.669. The largest absolute Gasteiger partial charge is 0.418 e. The molecule has 0 bridgehead atoms. The molecule has 1 aromatic heterocycles. The molecule has 2 aromatic carbocycles. The Kier molecular flexibility index (Phi) is 5.56. The maximum absolute atomic E-state index is 13.2. The van der Waals surface area contributed by atoms with Crippen molar-refractivity contribution >= 4 is 33.1 Å². The minimum Gasteiger partial charge on any atom is -0.321 e. The molecule has 29 heavy (non-hydrogen) atoms. The van der Waals surface area contributed by atoms with E-state index in [-0.39, 0.29) is 18.3 Å². The molecule has 1 unspecified atom stereocenters. The first-order chi connectivity index (χ1) is 13.9. The van der Waals surface area contributed by atoms with E-state index in [2.05, 4.69) is 5.32 Å². The van der Waals surface area contributed by atoms with Crippen molar-refractivity contribution in [1.29, 1.82) is 0 Å². The Bertz CT molecular complexity index is 985. The number of benzene rings is 2. The number of quaternary nitrogens is 1. The molecule has 2 N–H and O–H groups in total. The van der Waals surface area contributed by atoms with E-state index >= 15 is 0 Å². The molecule has 4 rings (SSSR count). The molecule has 0 radical (unpaired) electrons. The second-order valence-electron chi connectivity index (χ2n) is 7.24. The second-order valence-corrected chi connectivity index (χ2v) is 8.31. The summed E-state index contributed by atoms with van der Waals surface area (Å²) in [6, 6.07) is 13.1. The van der Waals surface area contributed by atoms with E-state index in [4.69, 9.17) is 4.98 Å². The lowest BCUT2D eigenvalue weighted by Crippen LogP contribution is -3.14. The van der Waals surface area contributed by atoms with Gasteiger partial charge < -0.3 is 10.2 Å². The van der Waals surface area contributed by atoms with Gasteiger partial charge in [0, 0.05) is 6.42 Å². The topological polar surface area (TPSA) is 46.4 Å². The number of aromatic nitrogens is 1. The Hall–Kier alpha value is -2.45. The lowest BCUT2D eigenvalue weighted by Gasteiger charge is -2.30. The molecule has 2 atom stereocenters. The third kappa shape index (κ3) is 4.43. The molecule has 1 saturated heterocycles. The van der Waals surface area contributed by atoms with Crippen molar-refractivity contribution in [3.63, 3.8) is 0 Å². The Balaban J connectivity index is 1.51. The Morgan fingerprint density at radius 2 is 1.90 bits per heavy atom.